The average Bonchev–Trinajstić information content (AvgIpc) is 3.43. The van der Waals surface area contributed by atoms with E-state index in [0.29, 0.717) is 43.1 Å². The molecular formula is C24H18F2N4O3S. The fourth-order valence-corrected chi connectivity index (χ4v) is 5.09. The predicted octanol–water partition coefficient (Wildman–Crippen LogP) is 5.02. The summed E-state index contributed by atoms with van der Waals surface area (Å²) in [4.78, 5) is 29.8. The molecule has 10 heteroatoms. The number of aromatic nitrogens is 4. The van der Waals surface area contributed by atoms with Crippen molar-refractivity contribution in [2.45, 2.75) is 26.2 Å². The van der Waals surface area contributed by atoms with Crippen LogP contribution in [-0.4, -0.2) is 30.8 Å². The van der Waals surface area contributed by atoms with Gasteiger partial charge in [-0.15, -0.1) is 11.3 Å². The lowest BCUT2D eigenvalue weighted by atomic mass is 9.91. The number of aromatic amines is 1. The van der Waals surface area contributed by atoms with E-state index in [0.717, 1.165) is 28.9 Å². The summed E-state index contributed by atoms with van der Waals surface area (Å²) in [6, 6.07) is 7.13. The van der Waals surface area contributed by atoms with E-state index in [1.54, 1.807) is 18.3 Å². The van der Waals surface area contributed by atoms with Gasteiger partial charge in [-0.05, 0) is 41.1 Å². The number of carbonyl (C=O) groups is 1. The van der Waals surface area contributed by atoms with Crippen LogP contribution in [0, 0.1) is 11.6 Å². The Balaban J connectivity index is 1.94. The zero-order valence-corrected chi connectivity index (χ0v) is 18.9. The summed E-state index contributed by atoms with van der Waals surface area (Å²) in [5.41, 5.74) is 1.84. The van der Waals surface area contributed by atoms with Gasteiger partial charge in [0.15, 0.2) is 16.8 Å². The Labute approximate surface area is 195 Å². The maximum Gasteiger partial charge on any atom is 0.308 e. The molecule has 0 aliphatic rings. The molecule has 0 bridgehead atoms. The molecule has 0 saturated heterocycles. The Morgan fingerprint density at radius 2 is 1.94 bits per heavy atom. The van der Waals surface area contributed by atoms with E-state index in [9.17, 15) is 18.4 Å². The summed E-state index contributed by atoms with van der Waals surface area (Å²) in [6.07, 6.45) is 2.84. The third-order valence-electron chi connectivity index (χ3n) is 5.59. The lowest BCUT2D eigenvalue weighted by Gasteiger charge is -2.21. The standard InChI is InChI=1S/C24H18F2N4O3S/c1-11(2)22-21(12-3-4-17(25)18(26)6-12)15-5-13-9-28-29-19(13)8-16(15)23(33)30(22)24-27-10-14(34-24)7-20(31)32/h3-6,8-11H,7H2,1-2H3,(H,28,29)(H,31,32). The zero-order chi connectivity index (χ0) is 24.1. The van der Waals surface area contributed by atoms with Crippen molar-refractivity contribution in [2.75, 3.05) is 0 Å². The monoisotopic (exact) mass is 480 g/mol. The van der Waals surface area contributed by atoms with E-state index in [2.05, 4.69) is 15.2 Å². The highest BCUT2D eigenvalue weighted by Gasteiger charge is 2.24. The van der Waals surface area contributed by atoms with Gasteiger partial charge in [0.25, 0.3) is 5.56 Å². The van der Waals surface area contributed by atoms with Crippen molar-refractivity contribution in [1.29, 1.82) is 0 Å². The van der Waals surface area contributed by atoms with E-state index >= 15 is 0 Å². The molecule has 0 atom stereocenters. The number of halogens is 2. The van der Waals surface area contributed by atoms with Crippen molar-refractivity contribution in [2.24, 2.45) is 0 Å². The molecule has 3 heterocycles. The summed E-state index contributed by atoms with van der Waals surface area (Å²) in [5.74, 6) is -3.19. The summed E-state index contributed by atoms with van der Waals surface area (Å²) >= 11 is 1.10. The van der Waals surface area contributed by atoms with Crippen LogP contribution < -0.4 is 5.56 Å². The number of H-pyrrole nitrogens is 1. The molecule has 0 spiro atoms. The van der Waals surface area contributed by atoms with Crippen LogP contribution >= 0.6 is 11.3 Å². The Kier molecular flexibility index (Phi) is 5.24. The molecule has 3 aromatic heterocycles. The first-order chi connectivity index (χ1) is 16.2. The van der Waals surface area contributed by atoms with E-state index in [1.165, 1.54) is 16.8 Å². The Morgan fingerprint density at radius 1 is 1.15 bits per heavy atom. The van der Waals surface area contributed by atoms with Gasteiger partial charge in [-0.2, -0.15) is 5.10 Å². The molecule has 0 saturated carbocycles. The van der Waals surface area contributed by atoms with E-state index in [4.69, 9.17) is 5.11 Å². The Bertz CT molecular complexity index is 1650. The molecule has 0 fully saturated rings. The topological polar surface area (TPSA) is 101 Å². The molecule has 34 heavy (non-hydrogen) atoms. The number of pyridine rings is 1. The van der Waals surface area contributed by atoms with Gasteiger partial charge < -0.3 is 5.11 Å². The molecular weight excluding hydrogens is 462 g/mol. The number of aliphatic carboxylic acids is 1. The fourth-order valence-electron chi connectivity index (χ4n) is 4.18. The van der Waals surface area contributed by atoms with Crippen LogP contribution in [0.15, 0.2) is 47.5 Å². The minimum atomic E-state index is -1.01. The number of thiazole rings is 1. The van der Waals surface area contributed by atoms with Gasteiger partial charge >= 0.3 is 5.97 Å². The van der Waals surface area contributed by atoms with Gasteiger partial charge in [0.1, 0.15) is 0 Å². The van der Waals surface area contributed by atoms with Gasteiger partial charge in [-0.25, -0.2) is 13.8 Å². The molecule has 172 valence electrons. The third-order valence-corrected chi connectivity index (χ3v) is 6.57. The molecule has 0 aliphatic heterocycles. The quantitative estimate of drug-likeness (QED) is 0.368. The van der Waals surface area contributed by atoms with Crippen LogP contribution in [0.1, 0.15) is 30.3 Å². The van der Waals surface area contributed by atoms with Crippen molar-refractivity contribution in [3.05, 3.63) is 75.3 Å². The van der Waals surface area contributed by atoms with E-state index in [-0.39, 0.29) is 17.9 Å². The fraction of sp³-hybridized carbons (Fsp3) is 0.167. The second-order valence-corrected chi connectivity index (χ2v) is 9.31. The van der Waals surface area contributed by atoms with Gasteiger partial charge in [0.05, 0.1) is 23.5 Å². The number of rotatable bonds is 5. The Morgan fingerprint density at radius 3 is 2.65 bits per heavy atom. The zero-order valence-electron chi connectivity index (χ0n) is 18.1. The highest BCUT2D eigenvalue weighted by Crippen LogP contribution is 2.38. The number of nitrogens with zero attached hydrogens (tertiary/aromatic N) is 3. The SMILES string of the molecule is CC(C)c1c(-c2ccc(F)c(F)c2)c2cc3cn[nH]c3cc2c(=O)n1-c1ncc(CC(=O)O)s1. The van der Waals surface area contributed by atoms with Crippen LogP contribution in [0.25, 0.3) is 37.9 Å². The summed E-state index contributed by atoms with van der Waals surface area (Å²) in [5, 5.41) is 18.0. The van der Waals surface area contributed by atoms with E-state index < -0.39 is 17.6 Å². The summed E-state index contributed by atoms with van der Waals surface area (Å²) in [7, 11) is 0. The van der Waals surface area contributed by atoms with Crippen molar-refractivity contribution in [3.63, 3.8) is 0 Å². The second-order valence-electron chi connectivity index (χ2n) is 8.22. The smallest absolute Gasteiger partial charge is 0.308 e. The normalized spacial score (nSPS) is 11.7. The van der Waals surface area contributed by atoms with Crippen LogP contribution in [0.3, 0.4) is 0 Å². The molecule has 7 nitrogen and oxygen atoms in total. The molecule has 0 amide bonds. The maximum absolute atomic E-state index is 14.3. The predicted molar refractivity (Wildman–Crippen MR) is 126 cm³/mol. The lowest BCUT2D eigenvalue weighted by molar-refractivity contribution is -0.136. The molecule has 0 radical (unpaired) electrons. The van der Waals surface area contributed by atoms with E-state index in [1.807, 2.05) is 13.8 Å². The lowest BCUT2D eigenvalue weighted by Crippen LogP contribution is -2.24. The molecule has 5 aromatic rings. The van der Waals surface area contributed by atoms with Crippen LogP contribution in [0.2, 0.25) is 0 Å². The van der Waals surface area contributed by atoms with Crippen molar-refractivity contribution in [3.8, 4) is 16.3 Å². The van der Waals surface area contributed by atoms with Crippen LogP contribution in [0.5, 0.6) is 0 Å². The first kappa shape index (κ1) is 21.9. The number of hydrogen-bond acceptors (Lipinski definition) is 5. The molecule has 2 aromatic carbocycles. The number of carboxylic acids is 1. The number of benzene rings is 2. The Hall–Kier alpha value is -3.92. The van der Waals surface area contributed by atoms with Crippen LogP contribution in [-0.2, 0) is 11.2 Å². The highest BCUT2D eigenvalue weighted by molar-refractivity contribution is 7.14. The van der Waals surface area contributed by atoms with Gasteiger partial charge in [0.2, 0.25) is 0 Å². The van der Waals surface area contributed by atoms with Crippen molar-refractivity contribution in [1.82, 2.24) is 19.7 Å². The summed E-state index contributed by atoms with van der Waals surface area (Å²) < 4.78 is 29.5. The second kappa shape index (κ2) is 8.14. The van der Waals surface area contributed by atoms with Crippen molar-refractivity contribution >= 4 is 39.0 Å². The first-order valence-corrected chi connectivity index (χ1v) is 11.2. The maximum atomic E-state index is 14.3. The molecule has 2 N–H and O–H groups in total. The van der Waals surface area contributed by atoms with Crippen molar-refractivity contribution < 1.29 is 18.7 Å². The first-order valence-electron chi connectivity index (χ1n) is 10.4. The molecule has 5 rings (SSSR count). The molecule has 0 aliphatic carbocycles. The minimum Gasteiger partial charge on any atom is -0.481 e. The summed E-state index contributed by atoms with van der Waals surface area (Å²) in [6.45, 7) is 3.78. The highest BCUT2D eigenvalue weighted by atomic mass is 32.1. The largest absolute Gasteiger partial charge is 0.481 e. The minimum absolute atomic E-state index is 0.216. The molecule has 0 unspecified atom stereocenters. The van der Waals surface area contributed by atoms with Gasteiger partial charge in [-0.1, -0.05) is 19.9 Å². The van der Waals surface area contributed by atoms with Gasteiger partial charge in [-0.3, -0.25) is 19.3 Å². The number of carboxylic acid groups (broad SMARTS) is 1. The average molecular weight is 480 g/mol. The number of hydrogen-bond donors (Lipinski definition) is 2. The number of fused-ring (bicyclic) bond motifs is 2. The van der Waals surface area contributed by atoms with Gasteiger partial charge in [0, 0.05) is 27.7 Å². The van der Waals surface area contributed by atoms with Crippen LogP contribution in [0.4, 0.5) is 8.78 Å². The third kappa shape index (κ3) is 3.56. The number of nitrogens with one attached hydrogen (secondary N) is 1.